The quantitative estimate of drug-likeness (QED) is 0.598. The third-order valence-corrected chi connectivity index (χ3v) is 2.04. The first kappa shape index (κ1) is 11.1. The third kappa shape index (κ3) is 3.38. The van der Waals surface area contributed by atoms with Crippen molar-refractivity contribution in [3.8, 4) is 0 Å². The largest absolute Gasteiger partial charge is 0.381 e. The Morgan fingerprint density at radius 1 is 1.43 bits per heavy atom. The molecule has 1 aromatic rings. The predicted molar refractivity (Wildman–Crippen MR) is 59.5 cm³/mol. The van der Waals surface area contributed by atoms with Gasteiger partial charge in [0.05, 0.1) is 0 Å². The Morgan fingerprint density at radius 2 is 2.21 bits per heavy atom. The summed E-state index contributed by atoms with van der Waals surface area (Å²) in [5, 5.41) is 3.10. The minimum absolute atomic E-state index is 0.223. The Kier molecular flexibility index (Phi) is 4.47. The molecule has 0 amide bonds. The summed E-state index contributed by atoms with van der Waals surface area (Å²) in [6.45, 7) is 2.60. The van der Waals surface area contributed by atoms with Gasteiger partial charge in [-0.1, -0.05) is 18.2 Å². The predicted octanol–water partition coefficient (Wildman–Crippen LogP) is 3.34. The van der Waals surface area contributed by atoms with Crippen LogP contribution in [-0.4, -0.2) is 12.4 Å². The SMILES string of the molecule is Cc1ccc(F)cc1NC/C=C/CCl. The second kappa shape index (κ2) is 5.66. The van der Waals surface area contributed by atoms with E-state index in [1.165, 1.54) is 12.1 Å². The number of nitrogens with one attached hydrogen (secondary N) is 1. The Hall–Kier alpha value is -1.02. The summed E-state index contributed by atoms with van der Waals surface area (Å²) in [6.07, 6.45) is 3.76. The van der Waals surface area contributed by atoms with Crippen LogP contribution >= 0.6 is 11.6 Å². The molecule has 0 bridgehead atoms. The molecule has 14 heavy (non-hydrogen) atoms. The van der Waals surface area contributed by atoms with Gasteiger partial charge in [0, 0.05) is 18.1 Å². The first-order valence-corrected chi connectivity index (χ1v) is 4.98. The average molecular weight is 214 g/mol. The second-order valence-electron chi connectivity index (χ2n) is 2.97. The number of alkyl halides is 1. The van der Waals surface area contributed by atoms with Crippen molar-refractivity contribution in [1.82, 2.24) is 0 Å². The number of benzene rings is 1. The topological polar surface area (TPSA) is 12.0 Å². The lowest BCUT2D eigenvalue weighted by Gasteiger charge is -2.06. The molecule has 1 N–H and O–H groups in total. The van der Waals surface area contributed by atoms with Gasteiger partial charge in [-0.25, -0.2) is 4.39 Å². The van der Waals surface area contributed by atoms with Crippen molar-refractivity contribution in [3.63, 3.8) is 0 Å². The van der Waals surface area contributed by atoms with Gasteiger partial charge in [0.1, 0.15) is 5.82 Å². The monoisotopic (exact) mass is 213 g/mol. The molecule has 0 aromatic heterocycles. The van der Waals surface area contributed by atoms with Crippen LogP contribution in [0.15, 0.2) is 30.4 Å². The maximum absolute atomic E-state index is 12.8. The van der Waals surface area contributed by atoms with Crippen molar-refractivity contribution < 1.29 is 4.39 Å². The molecule has 0 unspecified atom stereocenters. The molecular weight excluding hydrogens is 201 g/mol. The highest BCUT2D eigenvalue weighted by atomic mass is 35.5. The van der Waals surface area contributed by atoms with Crippen molar-refractivity contribution >= 4 is 17.3 Å². The molecule has 0 saturated carbocycles. The molecule has 0 aliphatic carbocycles. The van der Waals surface area contributed by atoms with E-state index in [4.69, 9.17) is 11.6 Å². The lowest BCUT2D eigenvalue weighted by Crippen LogP contribution is -2.00. The molecule has 76 valence electrons. The average Bonchev–Trinajstić information content (AvgIpc) is 2.18. The molecule has 0 saturated heterocycles. The fourth-order valence-corrected chi connectivity index (χ4v) is 1.23. The zero-order valence-corrected chi connectivity index (χ0v) is 8.81. The lowest BCUT2D eigenvalue weighted by atomic mass is 10.2. The van der Waals surface area contributed by atoms with Crippen LogP contribution in [0.4, 0.5) is 10.1 Å². The van der Waals surface area contributed by atoms with Crippen molar-refractivity contribution in [2.24, 2.45) is 0 Å². The highest BCUT2D eigenvalue weighted by molar-refractivity contribution is 6.18. The zero-order valence-electron chi connectivity index (χ0n) is 8.06. The number of hydrogen-bond acceptors (Lipinski definition) is 1. The zero-order chi connectivity index (χ0) is 10.4. The second-order valence-corrected chi connectivity index (χ2v) is 3.27. The standard InChI is InChI=1S/C11H13ClFN/c1-9-4-5-10(13)8-11(9)14-7-3-2-6-12/h2-5,8,14H,6-7H2,1H3/b3-2+. The Morgan fingerprint density at radius 3 is 2.93 bits per heavy atom. The van der Waals surface area contributed by atoms with E-state index >= 15 is 0 Å². The van der Waals surface area contributed by atoms with E-state index in [1.807, 2.05) is 19.1 Å². The summed E-state index contributed by atoms with van der Waals surface area (Å²) >= 11 is 5.47. The van der Waals surface area contributed by atoms with Crippen molar-refractivity contribution in [1.29, 1.82) is 0 Å². The summed E-state index contributed by atoms with van der Waals surface area (Å²) in [4.78, 5) is 0. The van der Waals surface area contributed by atoms with Crippen LogP contribution in [0.3, 0.4) is 0 Å². The summed E-state index contributed by atoms with van der Waals surface area (Å²) in [5.41, 5.74) is 1.86. The minimum Gasteiger partial charge on any atom is -0.381 e. The van der Waals surface area contributed by atoms with Gasteiger partial charge >= 0.3 is 0 Å². The summed E-state index contributed by atoms with van der Waals surface area (Å²) in [5.74, 6) is 0.281. The van der Waals surface area contributed by atoms with Gasteiger partial charge in [0.15, 0.2) is 0 Å². The van der Waals surface area contributed by atoms with Gasteiger partial charge in [-0.05, 0) is 24.6 Å². The Bertz CT molecular complexity index is 323. The maximum atomic E-state index is 12.8. The third-order valence-electron chi connectivity index (χ3n) is 1.87. The van der Waals surface area contributed by atoms with Gasteiger partial charge in [0.25, 0.3) is 0 Å². The van der Waals surface area contributed by atoms with Gasteiger partial charge in [-0.2, -0.15) is 0 Å². The van der Waals surface area contributed by atoms with Crippen LogP contribution in [-0.2, 0) is 0 Å². The van der Waals surface area contributed by atoms with Crippen LogP contribution in [0, 0.1) is 12.7 Å². The summed E-state index contributed by atoms with van der Waals surface area (Å²) in [7, 11) is 0. The summed E-state index contributed by atoms with van der Waals surface area (Å²) < 4.78 is 12.8. The number of hydrogen-bond donors (Lipinski definition) is 1. The van der Waals surface area contributed by atoms with Crippen LogP contribution in [0.5, 0.6) is 0 Å². The van der Waals surface area contributed by atoms with Gasteiger partial charge < -0.3 is 5.32 Å². The molecule has 1 rings (SSSR count). The summed E-state index contributed by atoms with van der Waals surface area (Å²) in [6, 6.07) is 4.70. The van der Waals surface area contributed by atoms with E-state index < -0.39 is 0 Å². The van der Waals surface area contributed by atoms with Crippen LogP contribution in [0.2, 0.25) is 0 Å². The number of halogens is 2. The van der Waals surface area contributed by atoms with Crippen molar-refractivity contribution in [2.45, 2.75) is 6.92 Å². The fraction of sp³-hybridized carbons (Fsp3) is 0.273. The molecule has 1 aromatic carbocycles. The maximum Gasteiger partial charge on any atom is 0.125 e. The molecule has 0 heterocycles. The minimum atomic E-state index is -0.223. The number of rotatable bonds is 4. The molecule has 1 nitrogen and oxygen atoms in total. The molecule has 0 radical (unpaired) electrons. The molecule has 0 aliphatic rings. The van der Waals surface area contributed by atoms with Crippen LogP contribution < -0.4 is 5.32 Å². The van der Waals surface area contributed by atoms with Gasteiger partial charge in [0.2, 0.25) is 0 Å². The molecule has 3 heteroatoms. The smallest absolute Gasteiger partial charge is 0.125 e. The molecule has 0 atom stereocenters. The Labute approximate surface area is 88.6 Å². The highest BCUT2D eigenvalue weighted by Gasteiger charge is 1.97. The van der Waals surface area contributed by atoms with Crippen molar-refractivity contribution in [2.75, 3.05) is 17.7 Å². The molecule has 0 aliphatic heterocycles. The first-order valence-electron chi connectivity index (χ1n) is 4.45. The first-order chi connectivity index (χ1) is 6.74. The lowest BCUT2D eigenvalue weighted by molar-refractivity contribution is 0.628. The number of aryl methyl sites for hydroxylation is 1. The van der Waals surface area contributed by atoms with Crippen molar-refractivity contribution in [3.05, 3.63) is 41.7 Å². The number of allylic oxidation sites excluding steroid dienone is 1. The van der Waals surface area contributed by atoms with E-state index in [0.717, 1.165) is 11.3 Å². The fourth-order valence-electron chi connectivity index (χ4n) is 1.10. The van der Waals surface area contributed by atoms with Gasteiger partial charge in [-0.15, -0.1) is 11.6 Å². The highest BCUT2D eigenvalue weighted by Crippen LogP contribution is 2.15. The van der Waals surface area contributed by atoms with Crippen LogP contribution in [0.25, 0.3) is 0 Å². The van der Waals surface area contributed by atoms with Crippen LogP contribution in [0.1, 0.15) is 5.56 Å². The van der Waals surface area contributed by atoms with E-state index in [1.54, 1.807) is 6.07 Å². The molecule has 0 fully saturated rings. The molecular formula is C11H13ClFN. The van der Waals surface area contributed by atoms with E-state index in [2.05, 4.69) is 5.32 Å². The normalized spacial score (nSPS) is 10.8. The molecule has 0 spiro atoms. The van der Waals surface area contributed by atoms with E-state index in [-0.39, 0.29) is 5.82 Å². The van der Waals surface area contributed by atoms with Gasteiger partial charge in [-0.3, -0.25) is 0 Å². The Balaban J connectivity index is 2.57. The van der Waals surface area contributed by atoms with E-state index in [9.17, 15) is 4.39 Å². The number of anilines is 1. The van der Waals surface area contributed by atoms with E-state index in [0.29, 0.717) is 12.4 Å².